The minimum absolute atomic E-state index is 0.0125. The number of amides is 2. The van der Waals surface area contributed by atoms with Gasteiger partial charge in [-0.1, -0.05) is 0 Å². The normalized spacial score (nSPS) is 17.4. The Morgan fingerprint density at radius 1 is 1.35 bits per heavy atom. The Morgan fingerprint density at radius 3 is 2.35 bits per heavy atom. The van der Waals surface area contributed by atoms with Crippen LogP contribution in [-0.2, 0) is 4.79 Å². The molecule has 0 atom stereocenters. The Morgan fingerprint density at radius 2 is 1.94 bits per heavy atom. The second-order valence-electron chi connectivity index (χ2n) is 5.09. The minimum atomic E-state index is -0.817. The Balaban J connectivity index is 2.25. The van der Waals surface area contributed by atoms with Crippen molar-refractivity contribution in [3.8, 4) is 0 Å². The molecule has 0 aliphatic heterocycles. The molecule has 0 unspecified atom stereocenters. The van der Waals surface area contributed by atoms with Crippen LogP contribution < -0.4 is 10.6 Å². The molecule has 0 spiro atoms. The zero-order valence-corrected chi connectivity index (χ0v) is 11.3. The molecule has 1 fully saturated rings. The number of hydrogen-bond donors (Lipinski definition) is 3. The first-order valence-electron chi connectivity index (χ1n) is 5.62. The van der Waals surface area contributed by atoms with E-state index in [0.29, 0.717) is 19.4 Å². The predicted octanol–water partition coefficient (Wildman–Crippen LogP) is 1.29. The summed E-state index contributed by atoms with van der Waals surface area (Å²) in [6.45, 7) is 4.85. The van der Waals surface area contributed by atoms with E-state index >= 15 is 0 Å². The Hall–Kier alpha value is -0.910. The van der Waals surface area contributed by atoms with Crippen molar-refractivity contribution in [3.05, 3.63) is 0 Å². The molecule has 1 rings (SSSR count). The van der Waals surface area contributed by atoms with E-state index in [0.717, 1.165) is 0 Å². The number of aliphatic carboxylic acids is 1. The highest BCUT2D eigenvalue weighted by molar-refractivity contribution is 7.99. The number of carboxylic acid groups (broad SMARTS) is 1. The standard InChI is InChI=1S/C11H20N2O3S/c1-10(2,17-3)6-12-9(16)13-7-11(4-5-11)8(14)15/h4-7H2,1-3H3,(H,14,15)(H2,12,13,16). The van der Waals surface area contributed by atoms with Crippen LogP contribution in [0.5, 0.6) is 0 Å². The van der Waals surface area contributed by atoms with Crippen LogP contribution in [0.3, 0.4) is 0 Å². The largest absolute Gasteiger partial charge is 0.481 e. The van der Waals surface area contributed by atoms with Crippen LogP contribution in [0.1, 0.15) is 26.7 Å². The summed E-state index contributed by atoms with van der Waals surface area (Å²) in [5.74, 6) is -0.817. The van der Waals surface area contributed by atoms with E-state index in [1.807, 2.05) is 20.1 Å². The molecule has 17 heavy (non-hydrogen) atoms. The van der Waals surface area contributed by atoms with E-state index in [1.165, 1.54) is 0 Å². The third-order valence-corrected chi connectivity index (χ3v) is 4.37. The van der Waals surface area contributed by atoms with E-state index in [9.17, 15) is 9.59 Å². The maximum atomic E-state index is 11.5. The molecule has 1 aliphatic carbocycles. The summed E-state index contributed by atoms with van der Waals surface area (Å²) >= 11 is 1.67. The van der Waals surface area contributed by atoms with Crippen molar-refractivity contribution in [1.29, 1.82) is 0 Å². The lowest BCUT2D eigenvalue weighted by atomic mass is 10.1. The van der Waals surface area contributed by atoms with Gasteiger partial charge in [-0.05, 0) is 32.9 Å². The van der Waals surface area contributed by atoms with Gasteiger partial charge in [0.25, 0.3) is 0 Å². The number of rotatable bonds is 6. The van der Waals surface area contributed by atoms with Crippen LogP contribution in [0, 0.1) is 5.41 Å². The number of carbonyl (C=O) groups is 2. The quantitative estimate of drug-likeness (QED) is 0.672. The number of carbonyl (C=O) groups excluding carboxylic acids is 1. The molecule has 0 saturated heterocycles. The van der Waals surface area contributed by atoms with Crippen molar-refractivity contribution in [2.24, 2.45) is 5.41 Å². The van der Waals surface area contributed by atoms with Crippen LogP contribution in [0.25, 0.3) is 0 Å². The van der Waals surface area contributed by atoms with Gasteiger partial charge < -0.3 is 15.7 Å². The molecule has 0 aromatic carbocycles. The lowest BCUT2D eigenvalue weighted by Gasteiger charge is -2.22. The van der Waals surface area contributed by atoms with E-state index in [-0.39, 0.29) is 17.3 Å². The van der Waals surface area contributed by atoms with Crippen LogP contribution in [-0.4, -0.2) is 41.2 Å². The third kappa shape index (κ3) is 4.11. The summed E-state index contributed by atoms with van der Waals surface area (Å²) in [5, 5.41) is 14.3. The fraction of sp³-hybridized carbons (Fsp3) is 0.818. The van der Waals surface area contributed by atoms with E-state index in [1.54, 1.807) is 11.8 Å². The van der Waals surface area contributed by atoms with Crippen molar-refractivity contribution in [3.63, 3.8) is 0 Å². The van der Waals surface area contributed by atoms with Gasteiger partial charge in [-0.25, -0.2) is 4.79 Å². The van der Waals surface area contributed by atoms with Gasteiger partial charge in [-0.2, -0.15) is 11.8 Å². The molecular weight excluding hydrogens is 240 g/mol. The summed E-state index contributed by atoms with van der Waals surface area (Å²) in [6.07, 6.45) is 3.29. The summed E-state index contributed by atoms with van der Waals surface area (Å²) in [4.78, 5) is 22.4. The number of nitrogens with one attached hydrogen (secondary N) is 2. The van der Waals surface area contributed by atoms with Crippen molar-refractivity contribution in [1.82, 2.24) is 10.6 Å². The van der Waals surface area contributed by atoms with Crippen LogP contribution in [0.15, 0.2) is 0 Å². The van der Waals surface area contributed by atoms with Gasteiger partial charge in [-0.3, -0.25) is 4.79 Å². The SMILES string of the molecule is CSC(C)(C)CNC(=O)NCC1(C(=O)O)CC1. The van der Waals surface area contributed by atoms with Crippen LogP contribution in [0.4, 0.5) is 4.79 Å². The molecule has 3 N–H and O–H groups in total. The monoisotopic (exact) mass is 260 g/mol. The maximum absolute atomic E-state index is 11.5. The average molecular weight is 260 g/mol. The second-order valence-corrected chi connectivity index (χ2v) is 6.60. The van der Waals surface area contributed by atoms with Gasteiger partial charge in [0.05, 0.1) is 5.41 Å². The molecule has 2 amide bonds. The number of urea groups is 1. The Labute approximate surface area is 106 Å². The van der Waals surface area contributed by atoms with E-state index in [4.69, 9.17) is 5.11 Å². The van der Waals surface area contributed by atoms with Gasteiger partial charge in [-0.15, -0.1) is 0 Å². The average Bonchev–Trinajstić information content (AvgIpc) is 3.05. The number of thioether (sulfide) groups is 1. The molecule has 6 heteroatoms. The third-order valence-electron chi connectivity index (χ3n) is 3.12. The fourth-order valence-corrected chi connectivity index (χ4v) is 1.51. The second kappa shape index (κ2) is 5.16. The van der Waals surface area contributed by atoms with Crippen LogP contribution in [0.2, 0.25) is 0 Å². The predicted molar refractivity (Wildman–Crippen MR) is 68.3 cm³/mol. The molecule has 5 nitrogen and oxygen atoms in total. The topological polar surface area (TPSA) is 78.4 Å². The summed E-state index contributed by atoms with van der Waals surface area (Å²) in [6, 6.07) is -0.292. The molecular formula is C11H20N2O3S. The lowest BCUT2D eigenvalue weighted by Crippen LogP contribution is -2.44. The van der Waals surface area contributed by atoms with E-state index < -0.39 is 11.4 Å². The summed E-state index contributed by atoms with van der Waals surface area (Å²) in [7, 11) is 0. The molecule has 0 aromatic rings. The lowest BCUT2D eigenvalue weighted by molar-refractivity contribution is -0.143. The highest BCUT2D eigenvalue weighted by Gasteiger charge is 2.50. The van der Waals surface area contributed by atoms with Crippen LogP contribution >= 0.6 is 11.8 Å². The molecule has 0 aromatic heterocycles. The molecule has 1 aliphatic rings. The van der Waals surface area contributed by atoms with Crippen molar-refractivity contribution >= 4 is 23.8 Å². The zero-order chi connectivity index (χ0) is 13.1. The Kier molecular flexibility index (Phi) is 4.30. The number of carboxylic acids is 1. The highest BCUT2D eigenvalue weighted by atomic mass is 32.2. The fourth-order valence-electron chi connectivity index (χ4n) is 1.29. The van der Waals surface area contributed by atoms with Crippen molar-refractivity contribution < 1.29 is 14.7 Å². The molecule has 0 bridgehead atoms. The smallest absolute Gasteiger partial charge is 0.314 e. The molecule has 0 radical (unpaired) electrons. The molecule has 0 heterocycles. The van der Waals surface area contributed by atoms with Gasteiger partial charge >= 0.3 is 12.0 Å². The first-order valence-corrected chi connectivity index (χ1v) is 6.84. The first kappa shape index (κ1) is 14.2. The van der Waals surface area contributed by atoms with Gasteiger partial charge in [0, 0.05) is 17.8 Å². The van der Waals surface area contributed by atoms with E-state index in [2.05, 4.69) is 10.6 Å². The molecule has 1 saturated carbocycles. The van der Waals surface area contributed by atoms with Crippen molar-refractivity contribution in [2.75, 3.05) is 19.3 Å². The van der Waals surface area contributed by atoms with Gasteiger partial charge in [0.1, 0.15) is 0 Å². The summed E-state index contributed by atoms with van der Waals surface area (Å²) in [5.41, 5.74) is -0.702. The molecule has 98 valence electrons. The first-order chi connectivity index (χ1) is 7.81. The number of hydrogen-bond acceptors (Lipinski definition) is 3. The zero-order valence-electron chi connectivity index (χ0n) is 10.5. The van der Waals surface area contributed by atoms with Crippen molar-refractivity contribution in [2.45, 2.75) is 31.4 Å². The maximum Gasteiger partial charge on any atom is 0.314 e. The van der Waals surface area contributed by atoms with Gasteiger partial charge in [0.15, 0.2) is 0 Å². The van der Waals surface area contributed by atoms with Gasteiger partial charge in [0.2, 0.25) is 0 Å². The minimum Gasteiger partial charge on any atom is -0.481 e. The Bertz CT molecular complexity index is 314. The highest BCUT2D eigenvalue weighted by Crippen LogP contribution is 2.45. The summed E-state index contributed by atoms with van der Waals surface area (Å²) < 4.78 is -0.0125.